The van der Waals surface area contributed by atoms with E-state index in [4.69, 9.17) is 11.6 Å². The number of halogens is 4. The van der Waals surface area contributed by atoms with Crippen molar-refractivity contribution in [2.45, 2.75) is 52.3 Å². The van der Waals surface area contributed by atoms with Gasteiger partial charge in [-0.2, -0.15) is 13.2 Å². The molecule has 202 valence electrons. The second-order valence-electron chi connectivity index (χ2n) is 9.21. The van der Waals surface area contributed by atoms with Crippen molar-refractivity contribution >= 4 is 51.6 Å². The Morgan fingerprint density at radius 1 is 1.08 bits per heavy atom. The molecule has 1 aromatic heterocycles. The van der Waals surface area contributed by atoms with Crippen LogP contribution in [0.2, 0.25) is 0 Å². The van der Waals surface area contributed by atoms with E-state index in [-0.39, 0.29) is 17.6 Å². The maximum Gasteiger partial charge on any atom is 0.416 e. The smallest absolute Gasteiger partial charge is 0.363 e. The summed E-state index contributed by atoms with van der Waals surface area (Å²) < 4.78 is 40.8. The molecule has 4 N–H and O–H groups in total. The Morgan fingerprint density at radius 2 is 1.82 bits per heavy atom. The Kier molecular flexibility index (Phi) is 7.96. The average Bonchev–Trinajstić information content (AvgIpc) is 3.33. The summed E-state index contributed by atoms with van der Waals surface area (Å²) in [5.41, 5.74) is 2.89. The van der Waals surface area contributed by atoms with Crippen LogP contribution in [-0.4, -0.2) is 34.3 Å². The van der Waals surface area contributed by atoms with Crippen LogP contribution in [0.25, 0.3) is 10.9 Å². The van der Waals surface area contributed by atoms with Crippen molar-refractivity contribution < 1.29 is 22.8 Å². The second kappa shape index (κ2) is 11.0. The number of carbonyl (C=O) groups excluding carboxylic acids is 2. The number of nitrogens with one attached hydrogen (secondary N) is 4. The van der Waals surface area contributed by atoms with Gasteiger partial charge in [-0.1, -0.05) is 0 Å². The van der Waals surface area contributed by atoms with Gasteiger partial charge in [-0.05, 0) is 74.1 Å². The zero-order valence-corrected chi connectivity index (χ0v) is 21.9. The molecule has 38 heavy (non-hydrogen) atoms. The van der Waals surface area contributed by atoms with Crippen LogP contribution in [-0.2, 0) is 23.8 Å². The Balaban J connectivity index is 1.75. The number of alkyl halides is 4. The first-order valence-corrected chi connectivity index (χ1v) is 12.7. The fraction of sp³-hybridized carbons (Fsp3) is 0.385. The summed E-state index contributed by atoms with van der Waals surface area (Å²) in [7, 11) is 0. The Bertz CT molecular complexity index is 1400. The molecule has 0 bridgehead atoms. The lowest BCUT2D eigenvalue weighted by molar-refractivity contribution is -0.137. The minimum absolute atomic E-state index is 0.0481. The van der Waals surface area contributed by atoms with Gasteiger partial charge < -0.3 is 21.3 Å². The number of amides is 3. The molecule has 0 saturated carbocycles. The highest BCUT2D eigenvalue weighted by atomic mass is 35.5. The fourth-order valence-electron chi connectivity index (χ4n) is 4.66. The van der Waals surface area contributed by atoms with E-state index in [0.717, 1.165) is 48.0 Å². The van der Waals surface area contributed by atoms with Crippen LogP contribution < -0.4 is 21.3 Å². The summed E-state index contributed by atoms with van der Waals surface area (Å²) in [5.74, 6) is 0.737. The van der Waals surface area contributed by atoms with Crippen LogP contribution in [0, 0.1) is 6.92 Å². The number of nitrogens with zero attached hydrogens (tertiary/aromatic N) is 2. The van der Waals surface area contributed by atoms with E-state index >= 15 is 0 Å². The summed E-state index contributed by atoms with van der Waals surface area (Å²) in [4.78, 5) is 33.1. The summed E-state index contributed by atoms with van der Waals surface area (Å²) in [6, 6.07) is 4.24. The van der Waals surface area contributed by atoms with Crippen molar-refractivity contribution in [2.75, 3.05) is 28.4 Å². The summed E-state index contributed by atoms with van der Waals surface area (Å²) >= 11 is 5.67. The lowest BCUT2D eigenvalue weighted by Gasteiger charge is -2.21. The Morgan fingerprint density at radius 3 is 2.50 bits per heavy atom. The number of carbonyl (C=O) groups is 2. The van der Waals surface area contributed by atoms with Gasteiger partial charge in [0.05, 0.1) is 17.1 Å². The SMILES string of the molecule is CC(=O)Nc1cc(C(C)Nc2nc(C)nc3c4c(c(NC(=O)NCCCl)cc23)CCC4)cc(C(F)(F)F)c1. The molecule has 0 spiro atoms. The molecule has 1 unspecified atom stereocenters. The number of hydrogen-bond donors (Lipinski definition) is 4. The maximum atomic E-state index is 13.6. The third-order valence-electron chi connectivity index (χ3n) is 6.26. The molecule has 1 atom stereocenters. The molecular formula is C26H28ClF3N6O2. The molecule has 12 heteroatoms. The highest BCUT2D eigenvalue weighted by molar-refractivity contribution is 6.18. The number of fused-ring (bicyclic) bond motifs is 3. The van der Waals surface area contributed by atoms with Crippen LogP contribution in [0.1, 0.15) is 54.4 Å². The molecule has 0 saturated heterocycles. The van der Waals surface area contributed by atoms with Gasteiger partial charge in [0.1, 0.15) is 11.6 Å². The van der Waals surface area contributed by atoms with Crippen LogP contribution >= 0.6 is 11.6 Å². The number of aryl methyl sites for hydroxylation is 2. The first-order chi connectivity index (χ1) is 18.0. The molecule has 1 aliphatic rings. The van der Waals surface area contributed by atoms with Crippen LogP contribution in [0.15, 0.2) is 24.3 Å². The van der Waals surface area contributed by atoms with Gasteiger partial charge in [0.2, 0.25) is 5.91 Å². The first kappa shape index (κ1) is 27.4. The largest absolute Gasteiger partial charge is 0.416 e. The van der Waals surface area contributed by atoms with Crippen molar-refractivity contribution in [2.24, 2.45) is 0 Å². The van der Waals surface area contributed by atoms with Gasteiger partial charge in [-0.25, -0.2) is 14.8 Å². The van der Waals surface area contributed by atoms with E-state index in [9.17, 15) is 22.8 Å². The van der Waals surface area contributed by atoms with E-state index in [1.165, 1.54) is 13.0 Å². The molecule has 0 fully saturated rings. The molecule has 8 nitrogen and oxygen atoms in total. The number of rotatable bonds is 7. The number of urea groups is 1. The minimum atomic E-state index is -4.59. The van der Waals surface area contributed by atoms with E-state index in [2.05, 4.69) is 31.2 Å². The number of aromatic nitrogens is 2. The van der Waals surface area contributed by atoms with Crippen LogP contribution in [0.4, 0.5) is 35.2 Å². The van der Waals surface area contributed by atoms with Gasteiger partial charge in [0, 0.05) is 36.1 Å². The highest BCUT2D eigenvalue weighted by Gasteiger charge is 2.32. The van der Waals surface area contributed by atoms with E-state index in [1.807, 2.05) is 0 Å². The zero-order valence-electron chi connectivity index (χ0n) is 21.1. The number of benzene rings is 2. The van der Waals surface area contributed by atoms with Crippen molar-refractivity contribution in [1.29, 1.82) is 0 Å². The summed E-state index contributed by atoms with van der Waals surface area (Å²) in [5, 5.41) is 11.9. The van der Waals surface area contributed by atoms with Gasteiger partial charge in [0.15, 0.2) is 0 Å². The maximum absolute atomic E-state index is 13.6. The molecule has 4 rings (SSSR count). The molecule has 3 amide bonds. The van der Waals surface area contributed by atoms with Crippen molar-refractivity contribution in [3.8, 4) is 0 Å². The van der Waals surface area contributed by atoms with Gasteiger partial charge >= 0.3 is 12.2 Å². The minimum Gasteiger partial charge on any atom is -0.363 e. The monoisotopic (exact) mass is 548 g/mol. The third kappa shape index (κ3) is 6.09. The molecule has 1 heterocycles. The third-order valence-corrected chi connectivity index (χ3v) is 6.45. The fourth-order valence-corrected chi connectivity index (χ4v) is 4.75. The van der Waals surface area contributed by atoms with Gasteiger partial charge in [0.25, 0.3) is 0 Å². The standard InChI is InChI=1S/C26H28ClF3N6O2/c1-13(16-9-17(26(28,29)30)11-18(10-16)35-15(3)37)32-24-21-12-22(36-25(38)31-8-7-27)19-5-4-6-20(19)23(21)33-14(2)34-24/h9-13H,4-8H2,1-3H3,(H,35,37)(H2,31,36,38)(H,32,33,34). The van der Waals surface area contributed by atoms with Crippen LogP contribution in [0.3, 0.4) is 0 Å². The van der Waals surface area contributed by atoms with Crippen molar-refractivity contribution in [3.05, 3.63) is 52.3 Å². The second-order valence-corrected chi connectivity index (χ2v) is 9.59. The zero-order chi connectivity index (χ0) is 27.6. The predicted molar refractivity (Wildman–Crippen MR) is 142 cm³/mol. The van der Waals surface area contributed by atoms with Gasteiger partial charge in [-0.15, -0.1) is 11.6 Å². The Labute approximate surface area is 222 Å². The van der Waals surface area contributed by atoms with Crippen molar-refractivity contribution in [1.82, 2.24) is 15.3 Å². The average molecular weight is 549 g/mol. The van der Waals surface area contributed by atoms with E-state index in [1.54, 1.807) is 19.9 Å². The van der Waals surface area contributed by atoms with Gasteiger partial charge in [-0.3, -0.25) is 4.79 Å². The number of hydrogen-bond acceptors (Lipinski definition) is 5. The molecule has 2 aromatic carbocycles. The lowest BCUT2D eigenvalue weighted by atomic mass is 10.0. The predicted octanol–water partition coefficient (Wildman–Crippen LogP) is 5.94. The number of anilines is 3. The topological polar surface area (TPSA) is 108 Å². The quantitative estimate of drug-likeness (QED) is 0.273. The van der Waals surface area contributed by atoms with E-state index < -0.39 is 23.7 Å². The normalized spacial score (nSPS) is 13.7. The van der Waals surface area contributed by atoms with Crippen LogP contribution in [0.5, 0.6) is 0 Å². The molecule has 3 aromatic rings. The Hall–Kier alpha value is -3.60. The highest BCUT2D eigenvalue weighted by Crippen LogP contribution is 2.39. The molecule has 0 radical (unpaired) electrons. The lowest BCUT2D eigenvalue weighted by Crippen LogP contribution is -2.30. The first-order valence-electron chi connectivity index (χ1n) is 12.2. The van der Waals surface area contributed by atoms with Crippen molar-refractivity contribution in [3.63, 3.8) is 0 Å². The van der Waals surface area contributed by atoms with E-state index in [0.29, 0.717) is 34.8 Å². The molecule has 0 aliphatic heterocycles. The molecular weight excluding hydrogens is 521 g/mol. The summed E-state index contributed by atoms with van der Waals surface area (Å²) in [6.07, 6.45) is -2.12. The molecule has 1 aliphatic carbocycles. The summed E-state index contributed by atoms with van der Waals surface area (Å²) in [6.45, 7) is 5.01.